The van der Waals surface area contributed by atoms with E-state index in [1.54, 1.807) is 10.6 Å². The molecule has 2 atom stereocenters. The Bertz CT molecular complexity index is 901. The van der Waals surface area contributed by atoms with E-state index in [1.807, 2.05) is 13.8 Å². The first kappa shape index (κ1) is 16.4. The fourth-order valence-electron chi connectivity index (χ4n) is 4.17. The van der Waals surface area contributed by atoms with Crippen molar-refractivity contribution in [3.8, 4) is 0 Å². The number of benzene rings is 1. The molecule has 2 aliphatic rings. The Morgan fingerprint density at radius 3 is 2.60 bits per heavy atom. The highest BCUT2D eigenvalue weighted by atomic mass is 19.1. The minimum atomic E-state index is -0.254. The first-order valence-electron chi connectivity index (χ1n) is 9.02. The number of anilines is 2. The molecule has 1 aromatic carbocycles. The molecule has 1 aliphatic carbocycles. The number of aromatic nitrogens is 1. The van der Waals surface area contributed by atoms with Crippen molar-refractivity contribution in [1.82, 2.24) is 4.57 Å². The first-order chi connectivity index (χ1) is 11.9. The maximum atomic E-state index is 14.9. The standard InChI is InChI=1S/C19H25FN4O/c1-10-17-13(8-16(22)19(25)24(17)14-3-4-14)7-15(20)18(10)23-6-5-12(9-23)11(2)21/h7-8,11-12,14H,3-6,9,21-22H2,1-2H3/t11?,12-/m1/s1. The van der Waals surface area contributed by atoms with E-state index in [2.05, 4.69) is 4.90 Å². The summed E-state index contributed by atoms with van der Waals surface area (Å²) < 4.78 is 16.7. The average Bonchev–Trinajstić information content (AvgIpc) is 3.26. The molecule has 2 fully saturated rings. The van der Waals surface area contributed by atoms with Crippen molar-refractivity contribution >= 4 is 22.3 Å². The number of rotatable bonds is 3. The number of hydrogen-bond donors (Lipinski definition) is 2. The van der Waals surface area contributed by atoms with Gasteiger partial charge < -0.3 is 20.9 Å². The van der Waals surface area contributed by atoms with Crippen molar-refractivity contribution in [2.75, 3.05) is 23.7 Å². The van der Waals surface area contributed by atoms with Crippen molar-refractivity contribution in [2.24, 2.45) is 11.7 Å². The summed E-state index contributed by atoms with van der Waals surface area (Å²) in [5, 5.41) is 0.700. The van der Waals surface area contributed by atoms with Gasteiger partial charge in [0, 0.05) is 30.6 Å². The number of fused-ring (bicyclic) bond motifs is 1. The first-order valence-corrected chi connectivity index (χ1v) is 9.02. The van der Waals surface area contributed by atoms with Crippen molar-refractivity contribution in [2.45, 2.75) is 45.2 Å². The highest BCUT2D eigenvalue weighted by molar-refractivity contribution is 5.89. The van der Waals surface area contributed by atoms with Gasteiger partial charge in [0.05, 0.1) is 16.9 Å². The normalized spacial score (nSPS) is 21.9. The summed E-state index contributed by atoms with van der Waals surface area (Å²) in [4.78, 5) is 14.7. The monoisotopic (exact) mass is 344 g/mol. The highest BCUT2D eigenvalue weighted by Gasteiger charge is 2.31. The lowest BCUT2D eigenvalue weighted by molar-refractivity contribution is 0.487. The Kier molecular flexibility index (Phi) is 3.76. The summed E-state index contributed by atoms with van der Waals surface area (Å²) in [6.07, 6.45) is 2.91. The topological polar surface area (TPSA) is 77.3 Å². The Morgan fingerprint density at radius 1 is 1.28 bits per heavy atom. The van der Waals surface area contributed by atoms with Gasteiger partial charge in [-0.2, -0.15) is 0 Å². The fourth-order valence-corrected chi connectivity index (χ4v) is 4.17. The second-order valence-corrected chi connectivity index (χ2v) is 7.63. The molecule has 4 N–H and O–H groups in total. The zero-order chi connectivity index (χ0) is 17.9. The molecular weight excluding hydrogens is 319 g/mol. The van der Waals surface area contributed by atoms with E-state index in [1.165, 1.54) is 6.07 Å². The molecule has 2 heterocycles. The quantitative estimate of drug-likeness (QED) is 0.897. The largest absolute Gasteiger partial charge is 0.394 e. The fraction of sp³-hybridized carbons (Fsp3) is 0.526. The predicted molar refractivity (Wildman–Crippen MR) is 99.6 cm³/mol. The molecule has 5 nitrogen and oxygen atoms in total. The summed E-state index contributed by atoms with van der Waals surface area (Å²) in [6.45, 7) is 5.46. The minimum absolute atomic E-state index is 0.0956. The van der Waals surface area contributed by atoms with Crippen LogP contribution in [-0.4, -0.2) is 23.7 Å². The number of nitrogen functional groups attached to an aromatic ring is 1. The van der Waals surface area contributed by atoms with Gasteiger partial charge in [0.25, 0.3) is 5.56 Å². The third-order valence-corrected chi connectivity index (χ3v) is 5.71. The van der Waals surface area contributed by atoms with E-state index >= 15 is 0 Å². The summed E-state index contributed by atoms with van der Waals surface area (Å²) >= 11 is 0. The van der Waals surface area contributed by atoms with Crippen LogP contribution in [0.3, 0.4) is 0 Å². The van der Waals surface area contributed by atoms with E-state index in [4.69, 9.17) is 11.5 Å². The summed E-state index contributed by atoms with van der Waals surface area (Å²) in [5.74, 6) is 0.113. The molecule has 0 spiro atoms. The molecule has 1 saturated heterocycles. The minimum Gasteiger partial charge on any atom is -0.394 e. The molecule has 1 aliphatic heterocycles. The van der Waals surface area contributed by atoms with Gasteiger partial charge >= 0.3 is 0 Å². The second kappa shape index (κ2) is 5.73. The molecule has 1 unspecified atom stereocenters. The van der Waals surface area contributed by atoms with Crippen LogP contribution in [0.5, 0.6) is 0 Å². The van der Waals surface area contributed by atoms with Crippen LogP contribution in [-0.2, 0) is 0 Å². The van der Waals surface area contributed by atoms with E-state index in [-0.39, 0.29) is 29.1 Å². The SMILES string of the molecule is Cc1c(N2CC[C@@H](C(C)N)C2)c(F)cc2cc(N)c(=O)n(C3CC3)c12. The zero-order valence-corrected chi connectivity index (χ0v) is 14.8. The van der Waals surface area contributed by atoms with Crippen molar-refractivity contribution in [1.29, 1.82) is 0 Å². The number of nitrogens with two attached hydrogens (primary N) is 2. The van der Waals surface area contributed by atoms with Crippen LogP contribution in [0, 0.1) is 18.7 Å². The van der Waals surface area contributed by atoms with Gasteiger partial charge in [0.2, 0.25) is 0 Å². The lowest BCUT2D eigenvalue weighted by Crippen LogP contribution is -2.30. The summed E-state index contributed by atoms with van der Waals surface area (Å²) in [5.41, 5.74) is 14.2. The highest BCUT2D eigenvalue weighted by Crippen LogP contribution is 2.40. The van der Waals surface area contributed by atoms with Crippen LogP contribution < -0.4 is 21.9 Å². The zero-order valence-electron chi connectivity index (χ0n) is 14.8. The molecule has 0 bridgehead atoms. The van der Waals surface area contributed by atoms with Gasteiger partial charge in [0.1, 0.15) is 5.82 Å². The molecular formula is C19H25FN4O. The Labute approximate surface area is 146 Å². The van der Waals surface area contributed by atoms with Crippen LogP contribution in [0.4, 0.5) is 15.8 Å². The Morgan fingerprint density at radius 2 is 2.00 bits per heavy atom. The van der Waals surface area contributed by atoms with Gasteiger partial charge in [-0.25, -0.2) is 4.39 Å². The molecule has 1 aromatic heterocycles. The third-order valence-electron chi connectivity index (χ3n) is 5.71. The van der Waals surface area contributed by atoms with Crippen LogP contribution in [0.2, 0.25) is 0 Å². The van der Waals surface area contributed by atoms with Crippen molar-refractivity contribution < 1.29 is 4.39 Å². The molecule has 6 heteroatoms. The van der Waals surface area contributed by atoms with Gasteiger partial charge in [0.15, 0.2) is 0 Å². The van der Waals surface area contributed by atoms with E-state index < -0.39 is 0 Å². The smallest absolute Gasteiger partial charge is 0.274 e. The van der Waals surface area contributed by atoms with E-state index in [0.717, 1.165) is 43.4 Å². The number of nitrogens with zero attached hydrogens (tertiary/aromatic N) is 2. The third kappa shape index (κ3) is 2.59. The maximum absolute atomic E-state index is 14.9. The second-order valence-electron chi connectivity index (χ2n) is 7.63. The Balaban J connectivity index is 1.91. The number of halogens is 1. The molecule has 134 valence electrons. The van der Waals surface area contributed by atoms with E-state index in [0.29, 0.717) is 17.0 Å². The van der Waals surface area contributed by atoms with Crippen molar-refractivity contribution in [3.05, 3.63) is 33.9 Å². The van der Waals surface area contributed by atoms with Crippen LogP contribution >= 0.6 is 0 Å². The Hall–Kier alpha value is -2.08. The van der Waals surface area contributed by atoms with Gasteiger partial charge in [-0.1, -0.05) is 0 Å². The van der Waals surface area contributed by atoms with E-state index in [9.17, 15) is 9.18 Å². The molecule has 0 amide bonds. The van der Waals surface area contributed by atoms with Crippen molar-refractivity contribution in [3.63, 3.8) is 0 Å². The molecule has 4 rings (SSSR count). The van der Waals surface area contributed by atoms with Gasteiger partial charge in [-0.3, -0.25) is 4.79 Å². The number of pyridine rings is 1. The lowest BCUT2D eigenvalue weighted by atomic mass is 10.0. The lowest BCUT2D eigenvalue weighted by Gasteiger charge is -2.25. The summed E-state index contributed by atoms with van der Waals surface area (Å²) in [7, 11) is 0. The average molecular weight is 344 g/mol. The molecule has 25 heavy (non-hydrogen) atoms. The summed E-state index contributed by atoms with van der Waals surface area (Å²) in [6, 6.07) is 3.40. The van der Waals surface area contributed by atoms with Crippen LogP contribution in [0.15, 0.2) is 16.9 Å². The number of hydrogen-bond acceptors (Lipinski definition) is 4. The van der Waals surface area contributed by atoms with Gasteiger partial charge in [-0.05, 0) is 56.7 Å². The predicted octanol–water partition coefficient (Wildman–Crippen LogP) is 2.54. The maximum Gasteiger partial charge on any atom is 0.274 e. The number of aryl methyl sites for hydroxylation is 1. The van der Waals surface area contributed by atoms with Crippen LogP contribution in [0.25, 0.3) is 10.9 Å². The van der Waals surface area contributed by atoms with Gasteiger partial charge in [-0.15, -0.1) is 0 Å². The molecule has 2 aromatic rings. The molecule has 0 radical (unpaired) electrons. The van der Waals surface area contributed by atoms with Crippen LogP contribution in [0.1, 0.15) is 37.8 Å². The molecule has 1 saturated carbocycles.